The number of hydrogen-bond acceptors (Lipinski definition) is 7. The summed E-state index contributed by atoms with van der Waals surface area (Å²) < 4.78 is 44.4. The minimum absolute atomic E-state index is 0. The molecule has 0 unspecified atom stereocenters. The molecule has 0 aromatic carbocycles. The molecular formula is C69H158O5S4. The summed E-state index contributed by atoms with van der Waals surface area (Å²) in [4.78, 5) is 0. The highest BCUT2D eigenvalue weighted by molar-refractivity contribution is 8.01. The lowest BCUT2D eigenvalue weighted by atomic mass is 9.72. The average Bonchev–Trinajstić information content (AvgIpc) is 3.16. The summed E-state index contributed by atoms with van der Waals surface area (Å²) in [5.74, 6) is 6.30. The van der Waals surface area contributed by atoms with Crippen LogP contribution in [0.25, 0.3) is 0 Å². The topological polar surface area (TPSA) is 69.7 Å². The fraction of sp³-hybridized carbons (Fsp3) is 1.00. The second-order valence-corrected chi connectivity index (χ2v) is 39.3. The third-order valence-corrected chi connectivity index (χ3v) is 20.7. The van der Waals surface area contributed by atoms with Gasteiger partial charge in [0, 0.05) is 26.0 Å². The Hall–Kier alpha value is 0.720. The Labute approximate surface area is 511 Å². The lowest BCUT2D eigenvalue weighted by Crippen LogP contribution is -2.33. The van der Waals surface area contributed by atoms with E-state index in [0.29, 0.717) is 50.3 Å². The van der Waals surface area contributed by atoms with E-state index in [1.807, 2.05) is 67.2 Å². The first-order chi connectivity index (χ1) is 33.8. The molecule has 0 radical (unpaired) electrons. The van der Waals surface area contributed by atoms with Crippen LogP contribution < -0.4 is 0 Å². The van der Waals surface area contributed by atoms with Crippen molar-refractivity contribution in [2.75, 3.05) is 0 Å². The molecule has 0 spiro atoms. The molecule has 0 heterocycles. The second-order valence-electron chi connectivity index (χ2n) is 29.3. The van der Waals surface area contributed by atoms with E-state index in [0.717, 1.165) is 57.2 Å². The van der Waals surface area contributed by atoms with Gasteiger partial charge >= 0.3 is 0 Å². The summed E-state index contributed by atoms with van der Waals surface area (Å²) in [6, 6.07) is 0. The Bertz CT molecular complexity index is 1230. The molecule has 0 aliphatic rings. The van der Waals surface area contributed by atoms with Gasteiger partial charge in [-0.05, 0) is 170 Å². The van der Waals surface area contributed by atoms with Gasteiger partial charge in [-0.3, -0.25) is 4.21 Å². The molecule has 0 saturated carbocycles. The van der Waals surface area contributed by atoms with Gasteiger partial charge in [0.15, 0.2) is 9.84 Å². The van der Waals surface area contributed by atoms with E-state index in [-0.39, 0.29) is 23.5 Å². The van der Waals surface area contributed by atoms with Crippen LogP contribution in [0.4, 0.5) is 0 Å². The fourth-order valence-electron chi connectivity index (χ4n) is 6.56. The van der Waals surface area contributed by atoms with Gasteiger partial charge in [0.2, 0.25) is 0 Å². The number of rotatable bonds is 21. The molecule has 0 rings (SSSR count). The van der Waals surface area contributed by atoms with E-state index in [9.17, 15) is 12.6 Å². The summed E-state index contributed by atoms with van der Waals surface area (Å²) in [6.07, 6.45) is 3.78. The van der Waals surface area contributed by atoms with Crippen molar-refractivity contribution >= 4 is 44.2 Å². The van der Waals surface area contributed by atoms with Crippen molar-refractivity contribution < 1.29 is 22.1 Å². The van der Waals surface area contributed by atoms with Crippen LogP contribution in [0.5, 0.6) is 0 Å². The molecule has 0 aromatic heterocycles. The van der Waals surface area contributed by atoms with E-state index in [2.05, 4.69) is 233 Å². The average molecular weight is 1200 g/mol. The van der Waals surface area contributed by atoms with E-state index < -0.39 is 20.6 Å². The van der Waals surface area contributed by atoms with Crippen LogP contribution in [0.3, 0.4) is 0 Å². The van der Waals surface area contributed by atoms with Crippen LogP contribution in [0.2, 0.25) is 0 Å². The summed E-state index contributed by atoms with van der Waals surface area (Å²) >= 11 is 4.07. The highest BCUT2D eigenvalue weighted by Crippen LogP contribution is 2.36. The summed E-state index contributed by atoms with van der Waals surface area (Å²) in [7, 11) is -3.44. The van der Waals surface area contributed by atoms with Gasteiger partial charge in [0.1, 0.15) is 0 Å². The Balaban J connectivity index is -0.0000000835. The summed E-state index contributed by atoms with van der Waals surface area (Å²) in [6.45, 7) is 95.2. The van der Waals surface area contributed by atoms with Crippen molar-refractivity contribution in [3.63, 3.8) is 0 Å². The maximum absolute atomic E-state index is 11.0. The lowest BCUT2D eigenvalue weighted by molar-refractivity contribution is -0.0835. The Morgan fingerprint density at radius 1 is 0.410 bits per heavy atom. The zero-order valence-corrected chi connectivity index (χ0v) is 64.7. The zero-order valence-electron chi connectivity index (χ0n) is 61.5. The first-order valence-electron chi connectivity index (χ1n) is 31.1. The molecule has 0 amide bonds. The molecule has 0 bridgehead atoms. The third-order valence-electron chi connectivity index (χ3n) is 13.6. The van der Waals surface area contributed by atoms with Gasteiger partial charge in [-0.15, -0.1) is 0 Å². The molecule has 0 N–H and O–H groups in total. The van der Waals surface area contributed by atoms with E-state index >= 15 is 0 Å². The Kier molecular flexibility index (Phi) is 67.2. The number of ether oxygens (including phenoxy) is 2. The molecule has 0 aromatic rings. The first kappa shape index (κ1) is 101. The second kappa shape index (κ2) is 52.1. The Morgan fingerprint density at radius 2 is 0.718 bits per heavy atom. The molecule has 0 fully saturated rings. The summed E-state index contributed by atoms with van der Waals surface area (Å²) in [5, 5.41) is 2.48. The normalized spacial score (nSPS) is 12.3. The standard InChI is InChI=1S/C10H22.C9H20O.C9H20S.C9H20.C7H16.C6H14O2S.C6H14OS.C6H14O.C6H14S.CH4/c1-8(2)7-10(5,6)9(3)4;2*1-7(2)9(5,6)10-8(3)4;1-7(2)9(5,6)8(3)4;1-6(2)5-7(3)4;1-5(2)9(7,8)6(3)4;1-5(2)8(7)6(3)4;2*1-5(2)7-6(3)4;/h8-9H,7H2,1-6H3;2*7-8H,1-6H3;7-8H,1-6H3;6-7H,5H2,1-4H3;5-6H,1-4H3;5-6H,1-4H3;2*5-6H,1-4H3;1H4. The monoisotopic (exact) mass is 1200 g/mol. The van der Waals surface area contributed by atoms with Crippen LogP contribution in [-0.4, -0.2) is 78.0 Å². The van der Waals surface area contributed by atoms with E-state index in [1.165, 1.54) is 12.8 Å². The number of sulfone groups is 1. The molecule has 5 nitrogen and oxygen atoms in total. The minimum atomic E-state index is -2.81. The molecule has 0 atom stereocenters. The van der Waals surface area contributed by atoms with Gasteiger partial charge in [-0.2, -0.15) is 23.5 Å². The smallest absolute Gasteiger partial charge is 0.154 e. The molecule has 488 valence electrons. The Morgan fingerprint density at radius 3 is 0.756 bits per heavy atom. The lowest BCUT2D eigenvalue weighted by Gasteiger charge is -2.33. The predicted molar refractivity (Wildman–Crippen MR) is 376 cm³/mol. The van der Waals surface area contributed by atoms with E-state index in [1.54, 1.807) is 27.7 Å². The van der Waals surface area contributed by atoms with Gasteiger partial charge in [0.25, 0.3) is 0 Å². The highest BCUT2D eigenvalue weighted by atomic mass is 32.2. The fourth-order valence-corrected chi connectivity index (χ4v) is 11.3. The van der Waals surface area contributed by atoms with Crippen molar-refractivity contribution in [2.24, 2.45) is 58.2 Å². The quantitative estimate of drug-likeness (QED) is 0.113. The summed E-state index contributed by atoms with van der Waals surface area (Å²) in [5.41, 5.74) is 1.04. The molecule has 0 aliphatic heterocycles. The largest absolute Gasteiger partial charge is 0.376 e. The van der Waals surface area contributed by atoms with Crippen molar-refractivity contribution in [1.29, 1.82) is 0 Å². The first-order valence-corrected chi connectivity index (χ1v) is 35.8. The van der Waals surface area contributed by atoms with Gasteiger partial charge < -0.3 is 9.47 Å². The maximum atomic E-state index is 11.0. The van der Waals surface area contributed by atoms with Crippen molar-refractivity contribution in [2.45, 2.75) is 390 Å². The van der Waals surface area contributed by atoms with Crippen LogP contribution >= 0.6 is 23.5 Å². The van der Waals surface area contributed by atoms with Crippen LogP contribution in [0.1, 0.15) is 325 Å². The highest BCUT2D eigenvalue weighted by Gasteiger charge is 2.27. The van der Waals surface area contributed by atoms with Crippen LogP contribution in [0, 0.1) is 58.2 Å². The van der Waals surface area contributed by atoms with Crippen molar-refractivity contribution in [1.82, 2.24) is 0 Å². The zero-order chi connectivity index (χ0) is 64.7. The van der Waals surface area contributed by atoms with Gasteiger partial charge in [-0.25, -0.2) is 8.42 Å². The molecular weight excluding hydrogens is 1040 g/mol. The van der Waals surface area contributed by atoms with Crippen LogP contribution in [-0.2, 0) is 30.1 Å². The molecule has 0 aliphatic carbocycles. The van der Waals surface area contributed by atoms with Crippen molar-refractivity contribution in [3.8, 4) is 0 Å². The van der Waals surface area contributed by atoms with Crippen LogP contribution in [0.15, 0.2) is 0 Å². The SMILES string of the molecule is C.CC(C)C(C)(C)C(C)C.CC(C)CC(C)(C)C(C)C.CC(C)CC(C)C.CC(C)OC(C)(C)C(C)C.CC(C)OC(C)C.CC(C)S(=O)(=O)C(C)C.CC(C)S(=O)C(C)C.CC(C)SC(C)(C)C(C)C.CC(C)SC(C)C. The molecule has 0 saturated heterocycles. The maximum Gasteiger partial charge on any atom is 0.154 e. The predicted octanol–water partition coefficient (Wildman–Crippen LogP) is 23.9. The van der Waals surface area contributed by atoms with Gasteiger partial charge in [-0.1, -0.05) is 229 Å². The minimum Gasteiger partial charge on any atom is -0.376 e. The van der Waals surface area contributed by atoms with Gasteiger partial charge in [0.05, 0.1) is 34.4 Å². The third kappa shape index (κ3) is 72.8. The van der Waals surface area contributed by atoms with E-state index in [4.69, 9.17) is 9.47 Å². The number of hydrogen-bond donors (Lipinski definition) is 0. The molecule has 78 heavy (non-hydrogen) atoms. The molecule has 9 heteroatoms. The number of thioether (sulfide) groups is 2. The van der Waals surface area contributed by atoms with Crippen molar-refractivity contribution in [3.05, 3.63) is 0 Å².